The first-order valence-electron chi connectivity index (χ1n) is 9.72. The SMILES string of the molecule is CCOC(=O)CC(NC(=O)CC(C)C1CCCNC1)c1ccccc1C. The molecule has 1 aliphatic heterocycles. The number of esters is 1. The third-order valence-electron chi connectivity index (χ3n) is 5.22. The van der Waals surface area contributed by atoms with Gasteiger partial charge in [0.2, 0.25) is 5.91 Å². The van der Waals surface area contributed by atoms with Crippen molar-refractivity contribution >= 4 is 11.9 Å². The zero-order valence-corrected chi connectivity index (χ0v) is 16.2. The van der Waals surface area contributed by atoms with E-state index < -0.39 is 0 Å². The summed E-state index contributed by atoms with van der Waals surface area (Å²) in [5, 5.41) is 6.48. The summed E-state index contributed by atoms with van der Waals surface area (Å²) in [5.41, 5.74) is 2.03. The Morgan fingerprint density at radius 2 is 2.08 bits per heavy atom. The number of hydrogen-bond acceptors (Lipinski definition) is 4. The van der Waals surface area contributed by atoms with Gasteiger partial charge in [-0.2, -0.15) is 0 Å². The van der Waals surface area contributed by atoms with Crippen LogP contribution in [0.2, 0.25) is 0 Å². The predicted octanol–water partition coefficient (Wildman–Crippen LogP) is 3.13. The Bertz CT molecular complexity index is 597. The summed E-state index contributed by atoms with van der Waals surface area (Å²) in [4.78, 5) is 24.7. The summed E-state index contributed by atoms with van der Waals surface area (Å²) >= 11 is 0. The van der Waals surface area contributed by atoms with Gasteiger partial charge >= 0.3 is 5.97 Å². The van der Waals surface area contributed by atoms with Crippen molar-refractivity contribution in [3.8, 4) is 0 Å². The van der Waals surface area contributed by atoms with Crippen LogP contribution in [0.5, 0.6) is 0 Å². The van der Waals surface area contributed by atoms with E-state index in [4.69, 9.17) is 4.74 Å². The minimum atomic E-state index is -0.348. The second kappa shape index (κ2) is 10.3. The molecule has 2 N–H and O–H groups in total. The zero-order chi connectivity index (χ0) is 18.9. The van der Waals surface area contributed by atoms with E-state index in [0.717, 1.165) is 24.2 Å². The van der Waals surface area contributed by atoms with Gasteiger partial charge in [0, 0.05) is 6.42 Å². The monoisotopic (exact) mass is 360 g/mol. The lowest BCUT2D eigenvalue weighted by Crippen LogP contribution is -2.37. The maximum absolute atomic E-state index is 12.6. The van der Waals surface area contributed by atoms with E-state index in [9.17, 15) is 9.59 Å². The molecule has 0 radical (unpaired) electrons. The summed E-state index contributed by atoms with van der Waals surface area (Å²) in [7, 11) is 0. The van der Waals surface area contributed by atoms with Crippen LogP contribution in [0.1, 0.15) is 56.7 Å². The number of amides is 1. The van der Waals surface area contributed by atoms with Crippen LogP contribution in [0.15, 0.2) is 24.3 Å². The van der Waals surface area contributed by atoms with Crippen LogP contribution in [0, 0.1) is 18.8 Å². The van der Waals surface area contributed by atoms with E-state index in [1.165, 1.54) is 12.8 Å². The molecule has 3 unspecified atom stereocenters. The summed E-state index contributed by atoms with van der Waals surface area (Å²) < 4.78 is 5.09. The number of carbonyl (C=O) groups excluding carboxylic acids is 2. The summed E-state index contributed by atoms with van der Waals surface area (Å²) in [6, 6.07) is 7.51. The van der Waals surface area contributed by atoms with Gasteiger partial charge in [0.15, 0.2) is 0 Å². The molecule has 0 spiro atoms. The van der Waals surface area contributed by atoms with Gasteiger partial charge in [-0.25, -0.2) is 0 Å². The molecule has 0 aliphatic carbocycles. The molecular weight excluding hydrogens is 328 g/mol. The van der Waals surface area contributed by atoms with Crippen LogP contribution in [0.4, 0.5) is 0 Å². The molecule has 0 aromatic heterocycles. The lowest BCUT2D eigenvalue weighted by Gasteiger charge is -2.28. The molecule has 1 fully saturated rings. The maximum atomic E-state index is 12.6. The molecule has 5 nitrogen and oxygen atoms in total. The van der Waals surface area contributed by atoms with E-state index in [1.54, 1.807) is 6.92 Å². The third-order valence-corrected chi connectivity index (χ3v) is 5.22. The normalized spacial score (nSPS) is 19.4. The summed E-state index contributed by atoms with van der Waals surface area (Å²) in [6.45, 7) is 8.34. The van der Waals surface area contributed by atoms with E-state index in [-0.39, 0.29) is 24.3 Å². The van der Waals surface area contributed by atoms with Crippen LogP contribution < -0.4 is 10.6 Å². The number of nitrogens with one attached hydrogen (secondary N) is 2. The molecule has 0 saturated carbocycles. The van der Waals surface area contributed by atoms with Gasteiger partial charge in [0.1, 0.15) is 0 Å². The second-order valence-corrected chi connectivity index (χ2v) is 7.27. The zero-order valence-electron chi connectivity index (χ0n) is 16.2. The predicted molar refractivity (Wildman–Crippen MR) is 103 cm³/mol. The van der Waals surface area contributed by atoms with Gasteiger partial charge in [0.25, 0.3) is 0 Å². The van der Waals surface area contributed by atoms with Gasteiger partial charge < -0.3 is 15.4 Å². The van der Waals surface area contributed by atoms with Crippen LogP contribution in [0.25, 0.3) is 0 Å². The van der Waals surface area contributed by atoms with Crippen molar-refractivity contribution in [1.82, 2.24) is 10.6 Å². The van der Waals surface area contributed by atoms with Crippen molar-refractivity contribution in [2.24, 2.45) is 11.8 Å². The molecule has 26 heavy (non-hydrogen) atoms. The Balaban J connectivity index is 2.01. The standard InChI is InChI=1S/C21H32N2O3/c1-4-26-21(25)13-19(18-10-6-5-8-15(18)2)23-20(24)12-16(3)17-9-7-11-22-14-17/h5-6,8,10,16-17,19,22H,4,7,9,11-14H2,1-3H3,(H,23,24). The van der Waals surface area contributed by atoms with Crippen molar-refractivity contribution in [3.05, 3.63) is 35.4 Å². The minimum Gasteiger partial charge on any atom is -0.466 e. The number of rotatable bonds is 8. The first-order chi connectivity index (χ1) is 12.5. The Kier molecular flexibility index (Phi) is 8.10. The van der Waals surface area contributed by atoms with Crippen molar-refractivity contribution in [2.45, 2.75) is 52.5 Å². The third kappa shape index (κ3) is 6.13. The van der Waals surface area contributed by atoms with Crippen molar-refractivity contribution in [1.29, 1.82) is 0 Å². The average molecular weight is 360 g/mol. The molecule has 1 aromatic carbocycles. The summed E-state index contributed by atoms with van der Waals surface area (Å²) in [5.74, 6) is 0.575. The second-order valence-electron chi connectivity index (χ2n) is 7.27. The Morgan fingerprint density at radius 3 is 2.73 bits per heavy atom. The Labute approximate surface area is 156 Å². The number of piperidine rings is 1. The molecule has 1 heterocycles. The van der Waals surface area contributed by atoms with Gasteiger partial charge in [-0.3, -0.25) is 9.59 Å². The molecule has 1 aromatic rings. The van der Waals surface area contributed by atoms with Gasteiger partial charge in [0.05, 0.1) is 19.1 Å². The molecule has 1 aliphatic rings. The van der Waals surface area contributed by atoms with E-state index in [0.29, 0.717) is 24.9 Å². The molecular formula is C21H32N2O3. The summed E-state index contributed by atoms with van der Waals surface area (Å²) in [6.07, 6.45) is 2.98. The van der Waals surface area contributed by atoms with E-state index >= 15 is 0 Å². The number of benzene rings is 1. The van der Waals surface area contributed by atoms with E-state index in [1.807, 2.05) is 31.2 Å². The van der Waals surface area contributed by atoms with Crippen LogP contribution >= 0.6 is 0 Å². The number of carbonyl (C=O) groups is 2. The lowest BCUT2D eigenvalue weighted by molar-refractivity contribution is -0.143. The molecule has 0 bridgehead atoms. The molecule has 1 saturated heterocycles. The highest BCUT2D eigenvalue weighted by Crippen LogP contribution is 2.25. The fourth-order valence-corrected chi connectivity index (χ4v) is 3.68. The van der Waals surface area contributed by atoms with E-state index in [2.05, 4.69) is 17.6 Å². The van der Waals surface area contributed by atoms with Gasteiger partial charge in [-0.15, -0.1) is 0 Å². The average Bonchev–Trinajstić information content (AvgIpc) is 2.62. The fourth-order valence-electron chi connectivity index (χ4n) is 3.68. The number of ether oxygens (including phenoxy) is 1. The molecule has 1 amide bonds. The largest absolute Gasteiger partial charge is 0.466 e. The highest BCUT2D eigenvalue weighted by molar-refractivity contribution is 5.78. The first kappa shape index (κ1) is 20.4. The van der Waals surface area contributed by atoms with Gasteiger partial charge in [-0.1, -0.05) is 31.2 Å². The smallest absolute Gasteiger partial charge is 0.308 e. The van der Waals surface area contributed by atoms with Crippen LogP contribution in [-0.4, -0.2) is 31.6 Å². The molecule has 2 rings (SSSR count). The minimum absolute atomic E-state index is 0.000579. The van der Waals surface area contributed by atoms with Crippen LogP contribution in [0.3, 0.4) is 0 Å². The molecule has 144 valence electrons. The number of aryl methyl sites for hydroxylation is 1. The number of hydrogen-bond donors (Lipinski definition) is 2. The van der Waals surface area contributed by atoms with Crippen molar-refractivity contribution < 1.29 is 14.3 Å². The highest BCUT2D eigenvalue weighted by atomic mass is 16.5. The topological polar surface area (TPSA) is 67.4 Å². The lowest BCUT2D eigenvalue weighted by atomic mass is 9.85. The maximum Gasteiger partial charge on any atom is 0.308 e. The van der Waals surface area contributed by atoms with Crippen molar-refractivity contribution in [3.63, 3.8) is 0 Å². The Hall–Kier alpha value is -1.88. The van der Waals surface area contributed by atoms with Crippen LogP contribution in [-0.2, 0) is 14.3 Å². The Morgan fingerprint density at radius 1 is 1.31 bits per heavy atom. The first-order valence-corrected chi connectivity index (χ1v) is 9.72. The van der Waals surface area contributed by atoms with Gasteiger partial charge in [-0.05, 0) is 62.7 Å². The fraction of sp³-hybridized carbons (Fsp3) is 0.619. The quantitative estimate of drug-likeness (QED) is 0.699. The highest BCUT2D eigenvalue weighted by Gasteiger charge is 2.25. The molecule has 5 heteroatoms. The van der Waals surface area contributed by atoms with Crippen molar-refractivity contribution in [2.75, 3.05) is 19.7 Å². The molecule has 3 atom stereocenters.